The Morgan fingerprint density at radius 2 is 2.30 bits per heavy atom. The summed E-state index contributed by atoms with van der Waals surface area (Å²) in [4.78, 5) is 7.08. The van der Waals surface area contributed by atoms with Crippen LogP contribution in [0.2, 0.25) is 5.02 Å². The third-order valence-corrected chi connectivity index (χ3v) is 4.03. The molecule has 0 aliphatic carbocycles. The van der Waals surface area contributed by atoms with Gasteiger partial charge in [-0.25, -0.2) is 0 Å². The zero-order valence-corrected chi connectivity index (χ0v) is 12.9. The molecule has 0 amide bonds. The standard InChI is InChI=1S/C15H21ClN2O2/c1-4-18-9-5-6-13(18)17-10(2)14-12(19)8-7-11(16)15(14)20-3/h7-8,13,19H,4-6,9H2,1-3H3. The molecule has 20 heavy (non-hydrogen) atoms. The minimum atomic E-state index is 0.147. The van der Waals surface area contributed by atoms with E-state index in [4.69, 9.17) is 21.3 Å². The Kier molecular flexibility index (Phi) is 4.89. The largest absolute Gasteiger partial charge is 0.507 e. The summed E-state index contributed by atoms with van der Waals surface area (Å²) in [7, 11) is 1.55. The highest BCUT2D eigenvalue weighted by molar-refractivity contribution is 6.33. The summed E-state index contributed by atoms with van der Waals surface area (Å²) in [5.74, 6) is 0.627. The molecule has 2 rings (SSSR count). The molecule has 1 heterocycles. The lowest BCUT2D eigenvalue weighted by Gasteiger charge is -2.20. The monoisotopic (exact) mass is 296 g/mol. The highest BCUT2D eigenvalue weighted by Gasteiger charge is 2.23. The maximum absolute atomic E-state index is 10.1. The first kappa shape index (κ1) is 15.1. The van der Waals surface area contributed by atoms with Crippen molar-refractivity contribution in [2.24, 2.45) is 4.99 Å². The van der Waals surface area contributed by atoms with Gasteiger partial charge < -0.3 is 9.84 Å². The number of halogens is 1. The molecule has 0 radical (unpaired) electrons. The summed E-state index contributed by atoms with van der Waals surface area (Å²) in [6, 6.07) is 3.20. The van der Waals surface area contributed by atoms with Crippen LogP contribution in [-0.2, 0) is 0 Å². The minimum absolute atomic E-state index is 0.147. The van der Waals surface area contributed by atoms with Crippen molar-refractivity contribution in [3.63, 3.8) is 0 Å². The molecule has 110 valence electrons. The molecule has 0 spiro atoms. The fourth-order valence-corrected chi connectivity index (χ4v) is 2.94. The summed E-state index contributed by atoms with van der Waals surface area (Å²) in [6.45, 7) is 6.09. The Morgan fingerprint density at radius 3 is 2.95 bits per heavy atom. The number of benzene rings is 1. The van der Waals surface area contributed by atoms with E-state index in [1.54, 1.807) is 19.2 Å². The molecule has 1 saturated heterocycles. The van der Waals surface area contributed by atoms with Crippen LogP contribution in [0.25, 0.3) is 0 Å². The fourth-order valence-electron chi connectivity index (χ4n) is 2.71. The van der Waals surface area contributed by atoms with Crippen LogP contribution in [0, 0.1) is 0 Å². The summed E-state index contributed by atoms with van der Waals surface area (Å²) >= 11 is 6.12. The number of nitrogens with zero attached hydrogens (tertiary/aromatic N) is 2. The molecule has 1 aromatic carbocycles. The Labute approximate surface area is 125 Å². The van der Waals surface area contributed by atoms with Crippen LogP contribution in [0.15, 0.2) is 17.1 Å². The van der Waals surface area contributed by atoms with E-state index in [1.807, 2.05) is 6.92 Å². The predicted octanol–water partition coefficient (Wildman–Crippen LogP) is 3.31. The van der Waals surface area contributed by atoms with Crippen LogP contribution in [0.4, 0.5) is 0 Å². The van der Waals surface area contributed by atoms with Gasteiger partial charge in [-0.05, 0) is 38.4 Å². The van der Waals surface area contributed by atoms with E-state index >= 15 is 0 Å². The van der Waals surface area contributed by atoms with Crippen molar-refractivity contribution in [3.8, 4) is 11.5 Å². The fraction of sp³-hybridized carbons (Fsp3) is 0.533. The Hall–Kier alpha value is -1.26. The van der Waals surface area contributed by atoms with Crippen LogP contribution < -0.4 is 4.74 Å². The average molecular weight is 297 g/mol. The highest BCUT2D eigenvalue weighted by atomic mass is 35.5. The molecule has 5 heteroatoms. The van der Waals surface area contributed by atoms with Crippen molar-refractivity contribution in [2.75, 3.05) is 20.2 Å². The van der Waals surface area contributed by atoms with E-state index in [-0.39, 0.29) is 11.9 Å². The maximum Gasteiger partial charge on any atom is 0.150 e. The van der Waals surface area contributed by atoms with E-state index in [2.05, 4.69) is 11.8 Å². The van der Waals surface area contributed by atoms with E-state index in [0.29, 0.717) is 16.3 Å². The summed E-state index contributed by atoms with van der Waals surface area (Å²) < 4.78 is 5.31. The third-order valence-electron chi connectivity index (χ3n) is 3.73. The molecule has 1 atom stereocenters. The van der Waals surface area contributed by atoms with Crippen LogP contribution >= 0.6 is 11.6 Å². The zero-order chi connectivity index (χ0) is 14.7. The number of rotatable bonds is 4. The SMILES string of the molecule is CCN1CCCC1N=C(C)c1c(O)ccc(Cl)c1OC. The summed E-state index contributed by atoms with van der Waals surface area (Å²) in [6.07, 6.45) is 2.39. The first-order valence-corrected chi connectivity index (χ1v) is 7.30. The van der Waals surface area contributed by atoms with Gasteiger partial charge in [0.1, 0.15) is 17.7 Å². The van der Waals surface area contributed by atoms with Crippen LogP contribution in [-0.4, -0.2) is 42.1 Å². The second kappa shape index (κ2) is 6.46. The molecule has 0 saturated carbocycles. The Bertz CT molecular complexity index is 517. The molecule has 1 aliphatic rings. The highest BCUT2D eigenvalue weighted by Crippen LogP contribution is 2.35. The van der Waals surface area contributed by atoms with Gasteiger partial charge >= 0.3 is 0 Å². The number of aliphatic imine (C=N–C) groups is 1. The van der Waals surface area contributed by atoms with Crippen molar-refractivity contribution < 1.29 is 9.84 Å². The number of likely N-dealkylation sites (tertiary alicyclic amines) is 1. The van der Waals surface area contributed by atoms with Crippen molar-refractivity contribution >= 4 is 17.3 Å². The number of phenols is 1. The molecule has 1 aromatic rings. The van der Waals surface area contributed by atoms with Gasteiger partial charge in [-0.3, -0.25) is 9.89 Å². The number of phenolic OH excluding ortho intramolecular Hbond substituents is 1. The van der Waals surface area contributed by atoms with Crippen molar-refractivity contribution in [2.45, 2.75) is 32.9 Å². The summed E-state index contributed by atoms with van der Waals surface area (Å²) in [5, 5.41) is 10.6. The minimum Gasteiger partial charge on any atom is -0.507 e. The smallest absolute Gasteiger partial charge is 0.150 e. The van der Waals surface area contributed by atoms with Crippen molar-refractivity contribution in [3.05, 3.63) is 22.7 Å². The van der Waals surface area contributed by atoms with Crippen molar-refractivity contribution in [1.29, 1.82) is 0 Å². The van der Waals surface area contributed by atoms with Gasteiger partial charge in [0.2, 0.25) is 0 Å². The first-order valence-electron chi connectivity index (χ1n) is 6.92. The quantitative estimate of drug-likeness (QED) is 0.867. The molecule has 1 unspecified atom stereocenters. The molecule has 1 fully saturated rings. The lowest BCUT2D eigenvalue weighted by Crippen LogP contribution is -2.28. The Morgan fingerprint density at radius 1 is 1.55 bits per heavy atom. The summed E-state index contributed by atoms with van der Waals surface area (Å²) in [5.41, 5.74) is 1.34. The molecule has 0 aromatic heterocycles. The van der Waals surface area contributed by atoms with E-state index in [0.717, 1.165) is 31.6 Å². The van der Waals surface area contributed by atoms with Crippen LogP contribution in [0.3, 0.4) is 0 Å². The van der Waals surface area contributed by atoms with E-state index in [1.165, 1.54) is 0 Å². The average Bonchev–Trinajstić information content (AvgIpc) is 2.87. The van der Waals surface area contributed by atoms with Gasteiger partial charge in [0.15, 0.2) is 0 Å². The number of methoxy groups -OCH3 is 1. The van der Waals surface area contributed by atoms with Gasteiger partial charge in [0, 0.05) is 12.3 Å². The normalized spacial score (nSPS) is 20.4. The van der Waals surface area contributed by atoms with Gasteiger partial charge in [0.25, 0.3) is 0 Å². The molecule has 1 N–H and O–H groups in total. The van der Waals surface area contributed by atoms with Gasteiger partial charge in [-0.2, -0.15) is 0 Å². The number of hydrogen-bond donors (Lipinski definition) is 1. The Balaban J connectivity index is 2.38. The maximum atomic E-state index is 10.1. The van der Waals surface area contributed by atoms with Crippen LogP contribution in [0.5, 0.6) is 11.5 Å². The number of hydrogen-bond acceptors (Lipinski definition) is 4. The second-order valence-electron chi connectivity index (χ2n) is 4.94. The van der Waals surface area contributed by atoms with Crippen LogP contribution in [0.1, 0.15) is 32.3 Å². The zero-order valence-electron chi connectivity index (χ0n) is 12.2. The number of aromatic hydroxyl groups is 1. The lowest BCUT2D eigenvalue weighted by atomic mass is 10.1. The predicted molar refractivity (Wildman–Crippen MR) is 82.1 cm³/mol. The van der Waals surface area contributed by atoms with Crippen molar-refractivity contribution in [1.82, 2.24) is 4.90 Å². The first-order chi connectivity index (χ1) is 9.58. The van der Waals surface area contributed by atoms with E-state index in [9.17, 15) is 5.11 Å². The third kappa shape index (κ3) is 2.91. The lowest BCUT2D eigenvalue weighted by molar-refractivity contribution is 0.275. The van der Waals surface area contributed by atoms with E-state index < -0.39 is 0 Å². The topological polar surface area (TPSA) is 45.1 Å². The van der Waals surface area contributed by atoms with Gasteiger partial charge in [-0.15, -0.1) is 0 Å². The molecule has 1 aliphatic heterocycles. The molecule has 4 nitrogen and oxygen atoms in total. The van der Waals surface area contributed by atoms with Gasteiger partial charge in [0.05, 0.1) is 17.7 Å². The van der Waals surface area contributed by atoms with Gasteiger partial charge in [-0.1, -0.05) is 18.5 Å². The molecule has 0 bridgehead atoms. The molecular formula is C15H21ClN2O2. The second-order valence-corrected chi connectivity index (χ2v) is 5.35. The number of ether oxygens (including phenoxy) is 1. The molecular weight excluding hydrogens is 276 g/mol.